The van der Waals surface area contributed by atoms with Crippen LogP contribution in [0.3, 0.4) is 0 Å². The number of rotatable bonds is 6. The normalized spacial score (nSPS) is 10.5. The van der Waals surface area contributed by atoms with Crippen molar-refractivity contribution in [2.75, 3.05) is 11.1 Å². The van der Waals surface area contributed by atoms with Crippen LogP contribution in [0.5, 0.6) is 5.75 Å². The Hall–Kier alpha value is -3.40. The summed E-state index contributed by atoms with van der Waals surface area (Å²) in [6, 6.07) is 12.9. The summed E-state index contributed by atoms with van der Waals surface area (Å²) in [5, 5.41) is 27.6. The van der Waals surface area contributed by atoms with Gasteiger partial charge < -0.3 is 10.4 Å². The number of aromatic hydroxyl groups is 1. The third-order valence-corrected chi connectivity index (χ3v) is 4.14. The first-order valence-electron chi connectivity index (χ1n) is 7.40. The monoisotopic (exact) mass is 371 g/mol. The summed E-state index contributed by atoms with van der Waals surface area (Å²) in [6.45, 7) is 0. The Morgan fingerprint density at radius 2 is 2.04 bits per heavy atom. The number of para-hydroxylation sites is 1. The van der Waals surface area contributed by atoms with E-state index in [1.165, 1.54) is 12.1 Å². The lowest BCUT2D eigenvalue weighted by Crippen LogP contribution is -2.14. The molecule has 0 saturated carbocycles. The predicted molar refractivity (Wildman–Crippen MR) is 95.5 cm³/mol. The van der Waals surface area contributed by atoms with Gasteiger partial charge in [0.05, 0.1) is 28.1 Å². The second kappa shape index (κ2) is 7.66. The average molecular weight is 371 g/mol. The van der Waals surface area contributed by atoms with Crippen LogP contribution >= 0.6 is 11.8 Å². The van der Waals surface area contributed by atoms with Crippen molar-refractivity contribution < 1.29 is 14.8 Å². The van der Waals surface area contributed by atoms with E-state index in [1.807, 2.05) is 30.3 Å². The van der Waals surface area contributed by atoms with Crippen molar-refractivity contribution in [3.8, 4) is 11.4 Å². The first-order valence-corrected chi connectivity index (χ1v) is 8.38. The second-order valence-corrected chi connectivity index (χ2v) is 6.05. The number of phenols is 1. The number of aromatic nitrogens is 3. The van der Waals surface area contributed by atoms with E-state index < -0.39 is 10.8 Å². The Bertz CT molecular complexity index is 945. The van der Waals surface area contributed by atoms with Gasteiger partial charge in [-0.05, 0) is 18.2 Å². The van der Waals surface area contributed by atoms with Crippen LogP contribution < -0.4 is 5.32 Å². The number of thioether (sulfide) groups is 1. The molecule has 0 radical (unpaired) electrons. The number of nitrogens with one attached hydrogen (secondary N) is 1. The molecule has 3 rings (SSSR count). The molecule has 9 nitrogen and oxygen atoms in total. The molecule has 3 aromatic rings. The molecule has 0 aliphatic rings. The van der Waals surface area contributed by atoms with Crippen molar-refractivity contribution in [2.45, 2.75) is 5.16 Å². The highest BCUT2D eigenvalue weighted by Crippen LogP contribution is 2.28. The first kappa shape index (κ1) is 17.4. The van der Waals surface area contributed by atoms with Gasteiger partial charge >= 0.3 is 0 Å². The maximum atomic E-state index is 12.0. The molecule has 26 heavy (non-hydrogen) atoms. The van der Waals surface area contributed by atoms with Crippen molar-refractivity contribution in [2.24, 2.45) is 0 Å². The van der Waals surface area contributed by atoms with Gasteiger partial charge in [-0.15, -0.1) is 5.10 Å². The molecule has 10 heteroatoms. The van der Waals surface area contributed by atoms with Crippen molar-refractivity contribution in [3.63, 3.8) is 0 Å². The van der Waals surface area contributed by atoms with E-state index in [0.717, 1.165) is 23.5 Å². The molecule has 0 aliphatic carbocycles. The Morgan fingerprint density at radius 3 is 2.73 bits per heavy atom. The predicted octanol–water partition coefficient (Wildman–Crippen LogP) is 2.61. The van der Waals surface area contributed by atoms with Crippen molar-refractivity contribution in [1.29, 1.82) is 0 Å². The summed E-state index contributed by atoms with van der Waals surface area (Å²) >= 11 is 1.13. The van der Waals surface area contributed by atoms with Gasteiger partial charge in [-0.25, -0.2) is 9.67 Å². The lowest BCUT2D eigenvalue weighted by molar-refractivity contribution is -0.384. The molecule has 0 saturated heterocycles. The van der Waals surface area contributed by atoms with Crippen LogP contribution in [0.15, 0.2) is 60.0 Å². The number of non-ortho nitro benzene ring substituents is 1. The molecule has 0 bridgehead atoms. The fourth-order valence-electron chi connectivity index (χ4n) is 2.07. The number of hydrogen-bond donors (Lipinski definition) is 2. The zero-order valence-electron chi connectivity index (χ0n) is 13.3. The van der Waals surface area contributed by atoms with Crippen molar-refractivity contribution in [3.05, 3.63) is 65.0 Å². The van der Waals surface area contributed by atoms with Crippen molar-refractivity contribution >= 4 is 29.0 Å². The molecule has 0 aliphatic heterocycles. The molecule has 2 aromatic carbocycles. The third kappa shape index (κ3) is 4.16. The van der Waals surface area contributed by atoms with Crippen LogP contribution in [0.1, 0.15) is 0 Å². The summed E-state index contributed by atoms with van der Waals surface area (Å²) in [7, 11) is 0. The minimum atomic E-state index is -0.629. The summed E-state index contributed by atoms with van der Waals surface area (Å²) in [4.78, 5) is 26.1. The SMILES string of the molecule is O=C(CSc1ncn(-c2ccccc2)n1)Nc1ccc([N+](=O)[O-])cc1O. The zero-order valence-corrected chi connectivity index (χ0v) is 14.1. The largest absolute Gasteiger partial charge is 0.506 e. The highest BCUT2D eigenvalue weighted by Gasteiger charge is 2.13. The van der Waals surface area contributed by atoms with E-state index in [0.29, 0.717) is 5.16 Å². The van der Waals surface area contributed by atoms with E-state index in [9.17, 15) is 20.0 Å². The molecule has 1 heterocycles. The van der Waals surface area contributed by atoms with Gasteiger partial charge in [-0.1, -0.05) is 30.0 Å². The van der Waals surface area contributed by atoms with Crippen LogP contribution in [0.25, 0.3) is 5.69 Å². The van der Waals surface area contributed by atoms with Gasteiger partial charge in [-0.2, -0.15) is 0 Å². The van der Waals surface area contributed by atoms with Crippen LogP contribution in [-0.2, 0) is 4.79 Å². The molecule has 0 unspecified atom stereocenters. The lowest BCUT2D eigenvalue weighted by Gasteiger charge is -2.06. The van der Waals surface area contributed by atoms with E-state index >= 15 is 0 Å². The van der Waals surface area contributed by atoms with E-state index in [2.05, 4.69) is 15.4 Å². The van der Waals surface area contributed by atoms with Crippen LogP contribution in [0, 0.1) is 10.1 Å². The van der Waals surface area contributed by atoms with Gasteiger partial charge in [0.15, 0.2) is 0 Å². The van der Waals surface area contributed by atoms with Gasteiger partial charge in [0.25, 0.3) is 5.69 Å². The molecule has 1 aromatic heterocycles. The van der Waals surface area contributed by atoms with Gasteiger partial charge in [0.2, 0.25) is 11.1 Å². The molecular formula is C16H13N5O4S. The topological polar surface area (TPSA) is 123 Å². The molecule has 0 spiro atoms. The standard InChI is InChI=1S/C16H13N5O4S/c22-14-8-12(21(24)25)6-7-13(14)18-15(23)9-26-16-17-10-20(19-16)11-4-2-1-3-5-11/h1-8,10,22H,9H2,(H,18,23). The van der Waals surface area contributed by atoms with Gasteiger partial charge in [-0.3, -0.25) is 14.9 Å². The molecule has 0 fully saturated rings. The number of nitro groups is 1. The molecule has 132 valence electrons. The summed E-state index contributed by atoms with van der Waals surface area (Å²) in [5.74, 6) is -0.742. The molecule has 0 atom stereocenters. The van der Waals surface area contributed by atoms with Crippen LogP contribution in [0.4, 0.5) is 11.4 Å². The highest BCUT2D eigenvalue weighted by atomic mass is 32.2. The maximum Gasteiger partial charge on any atom is 0.273 e. The number of anilines is 1. The second-order valence-electron chi connectivity index (χ2n) is 5.10. The fourth-order valence-corrected chi connectivity index (χ4v) is 2.67. The minimum Gasteiger partial charge on any atom is -0.506 e. The number of hydrogen-bond acceptors (Lipinski definition) is 7. The smallest absolute Gasteiger partial charge is 0.273 e. The van der Waals surface area contributed by atoms with Gasteiger partial charge in [0, 0.05) is 6.07 Å². The molecular weight excluding hydrogens is 358 g/mol. The average Bonchev–Trinajstić information content (AvgIpc) is 3.11. The van der Waals surface area contributed by atoms with Crippen molar-refractivity contribution in [1.82, 2.24) is 14.8 Å². The summed E-state index contributed by atoms with van der Waals surface area (Å²) in [6.07, 6.45) is 1.55. The molecule has 1 amide bonds. The number of carbonyl (C=O) groups is 1. The van der Waals surface area contributed by atoms with Gasteiger partial charge in [0.1, 0.15) is 12.1 Å². The lowest BCUT2D eigenvalue weighted by atomic mass is 10.2. The Kier molecular flexibility index (Phi) is 5.13. The van der Waals surface area contributed by atoms with E-state index in [-0.39, 0.29) is 22.9 Å². The van der Waals surface area contributed by atoms with Crippen LogP contribution in [0.2, 0.25) is 0 Å². The zero-order chi connectivity index (χ0) is 18.5. The third-order valence-electron chi connectivity index (χ3n) is 3.29. The Balaban J connectivity index is 1.58. The van der Waals surface area contributed by atoms with Crippen LogP contribution in [-0.4, -0.2) is 36.5 Å². The number of nitro benzene ring substituents is 1. The minimum absolute atomic E-state index is 0.0230. The fraction of sp³-hybridized carbons (Fsp3) is 0.0625. The number of phenolic OH excluding ortho intramolecular Hbond substituents is 1. The number of nitrogens with zero attached hydrogens (tertiary/aromatic N) is 4. The highest BCUT2D eigenvalue weighted by molar-refractivity contribution is 7.99. The number of benzene rings is 2. The summed E-state index contributed by atoms with van der Waals surface area (Å²) < 4.78 is 1.60. The number of carbonyl (C=O) groups excluding carboxylic acids is 1. The quantitative estimate of drug-likeness (QED) is 0.295. The Morgan fingerprint density at radius 1 is 1.27 bits per heavy atom. The van der Waals surface area contributed by atoms with E-state index in [1.54, 1.807) is 11.0 Å². The Labute approximate surface area is 151 Å². The maximum absolute atomic E-state index is 12.0. The number of amides is 1. The summed E-state index contributed by atoms with van der Waals surface area (Å²) in [5.41, 5.74) is 0.696. The van der Waals surface area contributed by atoms with E-state index in [4.69, 9.17) is 0 Å². The first-order chi connectivity index (χ1) is 12.5. The molecule has 2 N–H and O–H groups in total.